The SMILES string of the molecule is O=C(C[C@@H]1S/C(=N\N=C/c2ccc(OCc3ccc(Cl)cc3)cc2)NC1=O)Nc1ccccc1. The van der Waals surface area contributed by atoms with Crippen LogP contribution in [0, 0.1) is 0 Å². The van der Waals surface area contributed by atoms with Crippen molar-refractivity contribution in [1.82, 2.24) is 5.32 Å². The highest BCUT2D eigenvalue weighted by Gasteiger charge is 2.32. The predicted molar refractivity (Wildman–Crippen MR) is 136 cm³/mol. The van der Waals surface area contributed by atoms with E-state index < -0.39 is 5.25 Å². The van der Waals surface area contributed by atoms with Crippen LogP contribution in [0.4, 0.5) is 5.69 Å². The molecule has 1 aliphatic rings. The van der Waals surface area contributed by atoms with Crippen molar-refractivity contribution < 1.29 is 14.3 Å². The van der Waals surface area contributed by atoms with Crippen molar-refractivity contribution in [3.8, 4) is 5.75 Å². The maximum absolute atomic E-state index is 12.2. The van der Waals surface area contributed by atoms with Crippen molar-refractivity contribution in [3.05, 3.63) is 95.0 Å². The lowest BCUT2D eigenvalue weighted by atomic mass is 10.2. The number of carbonyl (C=O) groups excluding carboxylic acids is 2. The van der Waals surface area contributed by atoms with Gasteiger partial charge in [-0.15, -0.1) is 5.10 Å². The van der Waals surface area contributed by atoms with Crippen molar-refractivity contribution in [1.29, 1.82) is 0 Å². The van der Waals surface area contributed by atoms with Gasteiger partial charge in [0.05, 0.1) is 6.21 Å². The fraction of sp³-hybridized carbons (Fsp3) is 0.120. The second kappa shape index (κ2) is 11.5. The zero-order chi connectivity index (χ0) is 23.8. The summed E-state index contributed by atoms with van der Waals surface area (Å²) in [6.45, 7) is 0.444. The van der Waals surface area contributed by atoms with Crippen molar-refractivity contribution in [2.24, 2.45) is 10.2 Å². The summed E-state index contributed by atoms with van der Waals surface area (Å²) in [7, 11) is 0. The van der Waals surface area contributed by atoms with Gasteiger partial charge in [0, 0.05) is 17.1 Å². The molecule has 34 heavy (non-hydrogen) atoms. The molecule has 0 radical (unpaired) electrons. The number of thioether (sulfide) groups is 1. The van der Waals surface area contributed by atoms with E-state index in [1.807, 2.05) is 66.7 Å². The van der Waals surface area contributed by atoms with Crippen LogP contribution >= 0.6 is 23.4 Å². The van der Waals surface area contributed by atoms with E-state index in [9.17, 15) is 9.59 Å². The second-order valence-electron chi connectivity index (χ2n) is 7.35. The Bertz CT molecular complexity index is 1200. The molecule has 172 valence electrons. The summed E-state index contributed by atoms with van der Waals surface area (Å²) in [5.41, 5.74) is 2.55. The lowest BCUT2D eigenvalue weighted by Gasteiger charge is -2.06. The van der Waals surface area contributed by atoms with Crippen LogP contribution in [0.25, 0.3) is 0 Å². The summed E-state index contributed by atoms with van der Waals surface area (Å²) in [4.78, 5) is 24.4. The molecule has 7 nitrogen and oxygen atoms in total. The third-order valence-corrected chi connectivity index (χ3v) is 6.08. The minimum atomic E-state index is -0.547. The molecule has 0 aliphatic carbocycles. The number of amidine groups is 1. The first-order valence-corrected chi connectivity index (χ1v) is 11.7. The van der Waals surface area contributed by atoms with Gasteiger partial charge in [-0.1, -0.05) is 53.7 Å². The number of hydrogen-bond acceptors (Lipinski definition) is 6. The molecule has 3 aromatic rings. The number of benzene rings is 3. The second-order valence-corrected chi connectivity index (χ2v) is 8.98. The van der Waals surface area contributed by atoms with Crippen LogP contribution in [0.2, 0.25) is 5.02 Å². The molecule has 0 saturated carbocycles. The summed E-state index contributed by atoms with van der Waals surface area (Å²) in [6.07, 6.45) is 1.63. The molecule has 1 atom stereocenters. The number of rotatable bonds is 8. The van der Waals surface area contributed by atoms with E-state index in [4.69, 9.17) is 16.3 Å². The summed E-state index contributed by atoms with van der Waals surface area (Å²) < 4.78 is 5.77. The zero-order valence-electron chi connectivity index (χ0n) is 18.0. The van der Waals surface area contributed by atoms with E-state index in [0.29, 0.717) is 22.5 Å². The molecule has 0 bridgehead atoms. The molecular weight excluding hydrogens is 472 g/mol. The first-order chi connectivity index (χ1) is 16.5. The van der Waals surface area contributed by atoms with Gasteiger partial charge in [-0.2, -0.15) is 5.10 Å². The number of carbonyl (C=O) groups is 2. The standard InChI is InChI=1S/C25H21ClN4O3S/c26-19-10-6-18(7-11-19)16-33-21-12-8-17(9-13-21)15-27-30-25-29-24(32)22(34-25)14-23(31)28-20-4-2-1-3-5-20/h1-13,15,22H,14,16H2,(H,28,31)(H,29,30,32)/b27-15-/t22-/m0/s1. The van der Waals surface area contributed by atoms with Gasteiger partial charge in [0.25, 0.3) is 0 Å². The van der Waals surface area contributed by atoms with Crippen LogP contribution in [0.1, 0.15) is 17.5 Å². The molecule has 2 amide bonds. The van der Waals surface area contributed by atoms with Crippen LogP contribution < -0.4 is 15.4 Å². The average molecular weight is 493 g/mol. The Morgan fingerprint density at radius 3 is 2.53 bits per heavy atom. The highest BCUT2D eigenvalue weighted by Crippen LogP contribution is 2.23. The van der Waals surface area contributed by atoms with Gasteiger partial charge < -0.3 is 15.4 Å². The fourth-order valence-electron chi connectivity index (χ4n) is 3.03. The largest absolute Gasteiger partial charge is 0.489 e. The van der Waals surface area contributed by atoms with Crippen molar-refractivity contribution in [2.75, 3.05) is 5.32 Å². The summed E-state index contributed by atoms with van der Waals surface area (Å²) >= 11 is 7.08. The van der Waals surface area contributed by atoms with E-state index in [1.165, 1.54) is 11.8 Å². The summed E-state index contributed by atoms with van der Waals surface area (Å²) in [5.74, 6) is 0.236. The lowest BCUT2D eigenvalue weighted by Crippen LogP contribution is -2.28. The molecular formula is C25H21ClN4O3S. The molecule has 0 aromatic heterocycles. The number of para-hydroxylation sites is 1. The van der Waals surface area contributed by atoms with Gasteiger partial charge in [0.1, 0.15) is 17.6 Å². The normalized spacial score (nSPS) is 16.6. The Hall–Kier alpha value is -3.62. The lowest BCUT2D eigenvalue weighted by molar-refractivity contribution is -0.122. The quantitative estimate of drug-likeness (QED) is 0.346. The van der Waals surface area contributed by atoms with Gasteiger partial charge in [-0.25, -0.2) is 0 Å². The van der Waals surface area contributed by atoms with Crippen molar-refractivity contribution >= 4 is 52.2 Å². The third-order valence-electron chi connectivity index (χ3n) is 4.76. The van der Waals surface area contributed by atoms with Gasteiger partial charge >= 0.3 is 0 Å². The minimum Gasteiger partial charge on any atom is -0.489 e. The van der Waals surface area contributed by atoms with Gasteiger partial charge in [-0.3, -0.25) is 9.59 Å². The van der Waals surface area contributed by atoms with Crippen LogP contribution in [-0.2, 0) is 16.2 Å². The molecule has 3 aromatic carbocycles. The fourth-order valence-corrected chi connectivity index (χ4v) is 4.08. The maximum atomic E-state index is 12.2. The molecule has 0 unspecified atom stereocenters. The molecule has 4 rings (SSSR count). The molecule has 1 fully saturated rings. The number of nitrogens with zero attached hydrogens (tertiary/aromatic N) is 2. The maximum Gasteiger partial charge on any atom is 0.240 e. The number of halogens is 1. The Morgan fingerprint density at radius 2 is 1.79 bits per heavy atom. The number of anilines is 1. The van der Waals surface area contributed by atoms with E-state index in [-0.39, 0.29) is 18.2 Å². The highest BCUT2D eigenvalue weighted by atomic mass is 35.5. The Balaban J connectivity index is 1.25. The molecule has 1 heterocycles. The molecule has 1 aliphatic heterocycles. The van der Waals surface area contributed by atoms with Crippen LogP contribution in [0.5, 0.6) is 5.75 Å². The molecule has 1 saturated heterocycles. The van der Waals surface area contributed by atoms with Gasteiger partial charge in [0.15, 0.2) is 5.17 Å². The van der Waals surface area contributed by atoms with E-state index >= 15 is 0 Å². The average Bonchev–Trinajstić information content (AvgIpc) is 3.18. The van der Waals surface area contributed by atoms with Gasteiger partial charge in [-0.05, 0) is 59.7 Å². The van der Waals surface area contributed by atoms with E-state index in [1.54, 1.807) is 18.3 Å². The summed E-state index contributed by atoms with van der Waals surface area (Å²) in [6, 6.07) is 24.0. The Labute approximate surface area is 206 Å². The third kappa shape index (κ3) is 6.94. The Morgan fingerprint density at radius 1 is 1.06 bits per heavy atom. The summed E-state index contributed by atoms with van der Waals surface area (Å²) in [5, 5.41) is 14.0. The van der Waals surface area contributed by atoms with Crippen LogP contribution in [0.3, 0.4) is 0 Å². The molecule has 0 spiro atoms. The van der Waals surface area contributed by atoms with Gasteiger partial charge in [0.2, 0.25) is 11.8 Å². The molecule has 2 N–H and O–H groups in total. The van der Waals surface area contributed by atoms with Crippen molar-refractivity contribution in [2.45, 2.75) is 18.3 Å². The Kier molecular flexibility index (Phi) is 7.95. The number of hydrogen-bond donors (Lipinski definition) is 2. The van der Waals surface area contributed by atoms with Crippen LogP contribution in [-0.4, -0.2) is 28.4 Å². The number of nitrogens with one attached hydrogen (secondary N) is 2. The number of amides is 2. The minimum absolute atomic E-state index is 0.0472. The van der Waals surface area contributed by atoms with Crippen LogP contribution in [0.15, 0.2) is 89.1 Å². The smallest absolute Gasteiger partial charge is 0.240 e. The monoisotopic (exact) mass is 492 g/mol. The first kappa shape index (κ1) is 23.5. The van der Waals surface area contributed by atoms with Crippen molar-refractivity contribution in [3.63, 3.8) is 0 Å². The predicted octanol–water partition coefficient (Wildman–Crippen LogP) is 4.87. The highest BCUT2D eigenvalue weighted by molar-refractivity contribution is 8.15. The topological polar surface area (TPSA) is 92.2 Å². The van der Waals surface area contributed by atoms with E-state index in [0.717, 1.165) is 16.9 Å². The molecule has 9 heteroatoms. The zero-order valence-corrected chi connectivity index (χ0v) is 19.6. The first-order valence-electron chi connectivity index (χ1n) is 10.5. The van der Waals surface area contributed by atoms with E-state index in [2.05, 4.69) is 20.8 Å². The number of ether oxygens (including phenoxy) is 1.